The van der Waals surface area contributed by atoms with Gasteiger partial charge < -0.3 is 15.8 Å². The van der Waals surface area contributed by atoms with Gasteiger partial charge in [-0.1, -0.05) is 19.3 Å². The van der Waals surface area contributed by atoms with Crippen LogP contribution in [0.25, 0.3) is 0 Å². The van der Waals surface area contributed by atoms with E-state index >= 15 is 0 Å². The molecule has 4 nitrogen and oxygen atoms in total. The lowest BCUT2D eigenvalue weighted by molar-refractivity contribution is -0.127. The Kier molecular flexibility index (Phi) is 5.62. The third-order valence-electron chi connectivity index (χ3n) is 4.18. The van der Waals surface area contributed by atoms with E-state index in [1.807, 2.05) is 26.0 Å². The fourth-order valence-electron chi connectivity index (χ4n) is 2.77. The van der Waals surface area contributed by atoms with Gasteiger partial charge >= 0.3 is 0 Å². The van der Waals surface area contributed by atoms with E-state index in [4.69, 9.17) is 10.5 Å². The molecule has 1 atom stereocenters. The van der Waals surface area contributed by atoms with Gasteiger partial charge in [-0.15, -0.1) is 0 Å². The second kappa shape index (κ2) is 7.46. The summed E-state index contributed by atoms with van der Waals surface area (Å²) in [5, 5.41) is 2.91. The molecule has 0 heterocycles. The molecule has 21 heavy (non-hydrogen) atoms. The van der Waals surface area contributed by atoms with Crippen molar-refractivity contribution in [2.75, 3.05) is 17.7 Å². The number of nitrogen functional groups attached to an aromatic ring is 1. The first-order valence-corrected chi connectivity index (χ1v) is 7.85. The molecule has 0 spiro atoms. The Balaban J connectivity index is 1.81. The van der Waals surface area contributed by atoms with Crippen LogP contribution in [-0.4, -0.2) is 18.6 Å². The van der Waals surface area contributed by atoms with Crippen LogP contribution in [-0.2, 0) is 9.53 Å². The van der Waals surface area contributed by atoms with E-state index in [1.165, 1.54) is 32.1 Å². The molecule has 0 aliphatic heterocycles. The van der Waals surface area contributed by atoms with Crippen LogP contribution in [0.15, 0.2) is 18.2 Å². The second-order valence-corrected chi connectivity index (χ2v) is 6.04. The zero-order chi connectivity index (χ0) is 15.2. The third kappa shape index (κ3) is 4.74. The Bertz CT molecular complexity index is 482. The van der Waals surface area contributed by atoms with Crippen molar-refractivity contribution in [1.29, 1.82) is 0 Å². The van der Waals surface area contributed by atoms with E-state index in [2.05, 4.69) is 5.32 Å². The number of benzene rings is 1. The largest absolute Gasteiger partial charge is 0.399 e. The summed E-state index contributed by atoms with van der Waals surface area (Å²) in [6.45, 7) is 4.43. The predicted octanol–water partition coefficient (Wildman–Crippen LogP) is 3.50. The summed E-state index contributed by atoms with van der Waals surface area (Å²) < 4.78 is 5.74. The van der Waals surface area contributed by atoms with Crippen molar-refractivity contribution in [1.82, 2.24) is 0 Å². The summed E-state index contributed by atoms with van der Waals surface area (Å²) in [6, 6.07) is 5.47. The number of ether oxygens (including phenoxy) is 1. The van der Waals surface area contributed by atoms with Crippen LogP contribution in [0.4, 0.5) is 11.4 Å². The van der Waals surface area contributed by atoms with Gasteiger partial charge in [-0.3, -0.25) is 4.79 Å². The number of nitrogens with one attached hydrogen (secondary N) is 1. The third-order valence-corrected chi connectivity index (χ3v) is 4.18. The first-order chi connectivity index (χ1) is 10.1. The lowest BCUT2D eigenvalue weighted by Crippen LogP contribution is -2.30. The molecule has 0 radical (unpaired) electrons. The SMILES string of the molecule is Cc1cc(N)ccc1NC(=O)C(C)OCC1CCCCC1. The lowest BCUT2D eigenvalue weighted by Gasteiger charge is -2.23. The average Bonchev–Trinajstić information content (AvgIpc) is 2.48. The second-order valence-electron chi connectivity index (χ2n) is 6.04. The van der Waals surface area contributed by atoms with Gasteiger partial charge in [0.05, 0.1) is 6.61 Å². The molecule has 1 aliphatic rings. The molecule has 3 N–H and O–H groups in total. The zero-order valence-corrected chi connectivity index (χ0v) is 13.0. The van der Waals surface area contributed by atoms with E-state index in [9.17, 15) is 4.79 Å². The summed E-state index contributed by atoms with van der Waals surface area (Å²) in [7, 11) is 0. The minimum Gasteiger partial charge on any atom is -0.399 e. The molecule has 1 saturated carbocycles. The molecule has 1 unspecified atom stereocenters. The van der Waals surface area contributed by atoms with Gasteiger partial charge in [0.15, 0.2) is 0 Å². The quantitative estimate of drug-likeness (QED) is 0.816. The number of nitrogens with two attached hydrogens (primary N) is 1. The molecule has 2 rings (SSSR count). The van der Waals surface area contributed by atoms with Crippen LogP contribution in [0, 0.1) is 12.8 Å². The number of hydrogen-bond acceptors (Lipinski definition) is 3. The van der Waals surface area contributed by atoms with E-state index in [0.29, 0.717) is 18.2 Å². The lowest BCUT2D eigenvalue weighted by atomic mass is 9.90. The first-order valence-electron chi connectivity index (χ1n) is 7.85. The maximum atomic E-state index is 12.2. The molecule has 1 aromatic carbocycles. The van der Waals surface area contributed by atoms with Crippen molar-refractivity contribution in [3.05, 3.63) is 23.8 Å². The summed E-state index contributed by atoms with van der Waals surface area (Å²) in [5.74, 6) is 0.519. The van der Waals surface area contributed by atoms with Crippen LogP contribution in [0.1, 0.15) is 44.6 Å². The van der Waals surface area contributed by atoms with Gasteiger partial charge in [0.1, 0.15) is 6.10 Å². The highest BCUT2D eigenvalue weighted by Crippen LogP contribution is 2.24. The van der Waals surface area contributed by atoms with Crippen LogP contribution >= 0.6 is 0 Å². The van der Waals surface area contributed by atoms with Gasteiger partial charge in [0.25, 0.3) is 5.91 Å². The van der Waals surface area contributed by atoms with Crippen molar-refractivity contribution in [2.24, 2.45) is 5.92 Å². The molecule has 1 fully saturated rings. The highest BCUT2D eigenvalue weighted by molar-refractivity contribution is 5.94. The number of anilines is 2. The van der Waals surface area contributed by atoms with Crippen LogP contribution in [0.3, 0.4) is 0 Å². The summed E-state index contributed by atoms with van der Waals surface area (Å²) in [5.41, 5.74) is 8.17. The fourth-order valence-corrected chi connectivity index (χ4v) is 2.77. The van der Waals surface area contributed by atoms with Crippen molar-refractivity contribution in [2.45, 2.75) is 52.1 Å². The Hall–Kier alpha value is -1.55. The number of amides is 1. The molecule has 116 valence electrons. The van der Waals surface area contributed by atoms with Gasteiger partial charge in [0.2, 0.25) is 0 Å². The normalized spacial score (nSPS) is 17.4. The predicted molar refractivity (Wildman–Crippen MR) is 86.2 cm³/mol. The highest BCUT2D eigenvalue weighted by Gasteiger charge is 2.18. The van der Waals surface area contributed by atoms with Gasteiger partial charge in [0, 0.05) is 11.4 Å². The molecule has 1 amide bonds. The van der Waals surface area contributed by atoms with E-state index in [0.717, 1.165) is 11.3 Å². The molecule has 1 aliphatic carbocycles. The number of aryl methyl sites for hydroxylation is 1. The minimum absolute atomic E-state index is 0.0984. The summed E-state index contributed by atoms with van der Waals surface area (Å²) >= 11 is 0. The molecule has 0 saturated heterocycles. The van der Waals surface area contributed by atoms with Crippen LogP contribution < -0.4 is 11.1 Å². The maximum Gasteiger partial charge on any atom is 0.253 e. The maximum absolute atomic E-state index is 12.2. The van der Waals surface area contributed by atoms with E-state index in [1.54, 1.807) is 6.07 Å². The van der Waals surface area contributed by atoms with Gasteiger partial charge in [-0.25, -0.2) is 0 Å². The summed E-state index contributed by atoms with van der Waals surface area (Å²) in [6.07, 6.45) is 5.95. The number of carbonyl (C=O) groups is 1. The number of rotatable bonds is 5. The Morgan fingerprint density at radius 3 is 2.76 bits per heavy atom. The van der Waals surface area contributed by atoms with Crippen LogP contribution in [0.5, 0.6) is 0 Å². The average molecular weight is 290 g/mol. The van der Waals surface area contributed by atoms with Crippen molar-refractivity contribution in [3.8, 4) is 0 Å². The monoisotopic (exact) mass is 290 g/mol. The van der Waals surface area contributed by atoms with E-state index < -0.39 is 6.10 Å². The number of hydrogen-bond donors (Lipinski definition) is 2. The molecule has 0 bridgehead atoms. The van der Waals surface area contributed by atoms with Crippen molar-refractivity contribution < 1.29 is 9.53 Å². The first kappa shape index (κ1) is 15.8. The van der Waals surface area contributed by atoms with Gasteiger partial charge in [-0.05, 0) is 56.4 Å². The molecule has 1 aromatic rings. The Labute approximate surface area is 127 Å². The van der Waals surface area contributed by atoms with Crippen LogP contribution in [0.2, 0.25) is 0 Å². The number of carbonyl (C=O) groups excluding carboxylic acids is 1. The van der Waals surface area contributed by atoms with E-state index in [-0.39, 0.29) is 5.91 Å². The highest BCUT2D eigenvalue weighted by atomic mass is 16.5. The van der Waals surface area contributed by atoms with Crippen molar-refractivity contribution in [3.63, 3.8) is 0 Å². The van der Waals surface area contributed by atoms with Gasteiger partial charge in [-0.2, -0.15) is 0 Å². The minimum atomic E-state index is -0.427. The van der Waals surface area contributed by atoms with Crippen molar-refractivity contribution >= 4 is 17.3 Å². The molecular formula is C17H26N2O2. The zero-order valence-electron chi connectivity index (χ0n) is 13.0. The smallest absolute Gasteiger partial charge is 0.253 e. The Morgan fingerprint density at radius 2 is 2.10 bits per heavy atom. The standard InChI is InChI=1S/C17H26N2O2/c1-12-10-15(18)8-9-16(12)19-17(20)13(2)21-11-14-6-4-3-5-7-14/h8-10,13-14H,3-7,11,18H2,1-2H3,(H,19,20). The molecular weight excluding hydrogens is 264 g/mol. The Morgan fingerprint density at radius 1 is 1.38 bits per heavy atom. The fraction of sp³-hybridized carbons (Fsp3) is 0.588. The molecule has 0 aromatic heterocycles. The summed E-state index contributed by atoms with van der Waals surface area (Å²) in [4.78, 5) is 12.2. The topological polar surface area (TPSA) is 64.3 Å². The molecule has 4 heteroatoms.